The van der Waals surface area contributed by atoms with Gasteiger partial charge in [0.15, 0.2) is 11.9 Å². The summed E-state index contributed by atoms with van der Waals surface area (Å²) in [5.41, 5.74) is 6.65. The summed E-state index contributed by atoms with van der Waals surface area (Å²) in [6.07, 6.45) is -0.522. The van der Waals surface area contributed by atoms with Gasteiger partial charge in [-0.1, -0.05) is 11.6 Å². The van der Waals surface area contributed by atoms with Gasteiger partial charge in [0, 0.05) is 5.02 Å². The Balaban J connectivity index is 2.51. The maximum Gasteiger partial charge on any atom is 0.265 e. The van der Waals surface area contributed by atoms with Crippen molar-refractivity contribution in [3.8, 4) is 5.75 Å². The first kappa shape index (κ1) is 9.15. The molecule has 0 fully saturated rings. The predicted molar refractivity (Wildman–Crippen MR) is 54.6 cm³/mol. The van der Waals surface area contributed by atoms with E-state index in [1.807, 2.05) is 0 Å². The molecule has 5 heteroatoms. The van der Waals surface area contributed by atoms with Crippen molar-refractivity contribution in [1.29, 1.82) is 0 Å². The monoisotopic (exact) mass is 212 g/mol. The SMILES string of the molecule is CC1Oc2c(N)cc(Cl)cc2NC1=O. The second kappa shape index (κ2) is 3.06. The fourth-order valence-corrected chi connectivity index (χ4v) is 1.53. The van der Waals surface area contributed by atoms with Gasteiger partial charge in [-0.05, 0) is 19.1 Å². The summed E-state index contributed by atoms with van der Waals surface area (Å²) in [5.74, 6) is 0.292. The number of hydrogen-bond acceptors (Lipinski definition) is 3. The summed E-state index contributed by atoms with van der Waals surface area (Å²) < 4.78 is 5.33. The van der Waals surface area contributed by atoms with Crippen LogP contribution in [0.1, 0.15) is 6.92 Å². The number of nitrogen functional groups attached to an aromatic ring is 1. The molecule has 0 spiro atoms. The fourth-order valence-electron chi connectivity index (χ4n) is 1.30. The minimum absolute atomic E-state index is 0.195. The average Bonchev–Trinajstić information content (AvgIpc) is 2.08. The molecule has 0 aromatic heterocycles. The number of anilines is 2. The molecule has 0 radical (unpaired) electrons. The molecule has 1 aromatic carbocycles. The third-order valence-corrected chi connectivity index (χ3v) is 2.22. The number of ether oxygens (including phenoxy) is 1. The van der Waals surface area contributed by atoms with Crippen LogP contribution in [0.25, 0.3) is 0 Å². The largest absolute Gasteiger partial charge is 0.477 e. The van der Waals surface area contributed by atoms with Crippen LogP contribution in [0.5, 0.6) is 5.75 Å². The summed E-state index contributed by atoms with van der Waals surface area (Å²) in [7, 11) is 0. The molecule has 14 heavy (non-hydrogen) atoms. The van der Waals surface area contributed by atoms with Crippen molar-refractivity contribution < 1.29 is 9.53 Å². The van der Waals surface area contributed by atoms with Gasteiger partial charge in [-0.15, -0.1) is 0 Å². The van der Waals surface area contributed by atoms with Gasteiger partial charge in [0.2, 0.25) is 0 Å². The minimum atomic E-state index is -0.522. The highest BCUT2D eigenvalue weighted by atomic mass is 35.5. The molecule has 1 aromatic rings. The van der Waals surface area contributed by atoms with Crippen LogP contribution in [-0.4, -0.2) is 12.0 Å². The summed E-state index contributed by atoms with van der Waals surface area (Å²) in [6, 6.07) is 3.20. The van der Waals surface area contributed by atoms with Crippen molar-refractivity contribution in [3.63, 3.8) is 0 Å². The Hall–Kier alpha value is -1.42. The Kier molecular flexibility index (Phi) is 2.00. The zero-order valence-corrected chi connectivity index (χ0v) is 8.26. The molecular weight excluding hydrogens is 204 g/mol. The first-order chi connectivity index (χ1) is 6.58. The number of benzene rings is 1. The summed E-state index contributed by atoms with van der Waals surface area (Å²) in [4.78, 5) is 11.3. The van der Waals surface area contributed by atoms with E-state index in [4.69, 9.17) is 22.1 Å². The zero-order valence-electron chi connectivity index (χ0n) is 7.50. The van der Waals surface area contributed by atoms with Gasteiger partial charge in [-0.3, -0.25) is 4.79 Å². The van der Waals surface area contributed by atoms with Crippen molar-refractivity contribution in [2.75, 3.05) is 11.1 Å². The van der Waals surface area contributed by atoms with E-state index >= 15 is 0 Å². The number of amides is 1. The van der Waals surface area contributed by atoms with Crippen LogP contribution in [0.4, 0.5) is 11.4 Å². The lowest BCUT2D eigenvalue weighted by atomic mass is 10.2. The topological polar surface area (TPSA) is 64.3 Å². The van der Waals surface area contributed by atoms with Crippen molar-refractivity contribution in [2.45, 2.75) is 13.0 Å². The number of halogens is 1. The lowest BCUT2D eigenvalue weighted by molar-refractivity contribution is -0.122. The fraction of sp³-hybridized carbons (Fsp3) is 0.222. The Labute approximate surface area is 86.0 Å². The van der Waals surface area contributed by atoms with E-state index < -0.39 is 6.10 Å². The zero-order chi connectivity index (χ0) is 10.3. The molecule has 1 atom stereocenters. The van der Waals surface area contributed by atoms with E-state index in [9.17, 15) is 4.79 Å². The molecule has 0 saturated heterocycles. The first-order valence-electron chi connectivity index (χ1n) is 4.14. The van der Waals surface area contributed by atoms with Crippen molar-refractivity contribution in [1.82, 2.24) is 0 Å². The van der Waals surface area contributed by atoms with Crippen LogP contribution in [-0.2, 0) is 4.79 Å². The summed E-state index contributed by atoms with van der Waals surface area (Å²) in [6.45, 7) is 1.66. The van der Waals surface area contributed by atoms with Gasteiger partial charge < -0.3 is 15.8 Å². The normalized spacial score (nSPS) is 19.6. The molecule has 4 nitrogen and oxygen atoms in total. The van der Waals surface area contributed by atoms with Gasteiger partial charge >= 0.3 is 0 Å². The van der Waals surface area contributed by atoms with E-state index in [1.165, 1.54) is 0 Å². The molecule has 1 unspecified atom stereocenters. The highest BCUT2D eigenvalue weighted by Gasteiger charge is 2.25. The maximum atomic E-state index is 11.3. The molecule has 1 aliphatic rings. The van der Waals surface area contributed by atoms with Crippen molar-refractivity contribution >= 4 is 28.9 Å². The summed E-state index contributed by atoms with van der Waals surface area (Å²) in [5, 5.41) is 3.13. The summed E-state index contributed by atoms with van der Waals surface area (Å²) >= 11 is 5.78. The molecule has 1 heterocycles. The van der Waals surface area contributed by atoms with Crippen molar-refractivity contribution in [3.05, 3.63) is 17.2 Å². The third kappa shape index (κ3) is 1.37. The second-order valence-electron chi connectivity index (χ2n) is 3.12. The molecule has 74 valence electrons. The Morgan fingerprint density at radius 3 is 3.00 bits per heavy atom. The van der Waals surface area contributed by atoms with E-state index in [0.29, 0.717) is 22.1 Å². The lowest BCUT2D eigenvalue weighted by Crippen LogP contribution is -2.34. The molecule has 1 amide bonds. The maximum absolute atomic E-state index is 11.3. The van der Waals surface area contributed by atoms with E-state index in [-0.39, 0.29) is 5.91 Å². The average molecular weight is 213 g/mol. The molecule has 0 bridgehead atoms. The van der Waals surface area contributed by atoms with Gasteiger partial charge in [0.05, 0.1) is 11.4 Å². The molecule has 0 saturated carbocycles. The van der Waals surface area contributed by atoms with Crippen LogP contribution in [0.15, 0.2) is 12.1 Å². The van der Waals surface area contributed by atoms with E-state index in [1.54, 1.807) is 19.1 Å². The number of fused-ring (bicyclic) bond motifs is 1. The van der Waals surface area contributed by atoms with Gasteiger partial charge in [0.1, 0.15) is 0 Å². The molecule has 2 rings (SSSR count). The molecule has 0 aliphatic carbocycles. The lowest BCUT2D eigenvalue weighted by Gasteiger charge is -2.24. The number of nitrogens with one attached hydrogen (secondary N) is 1. The molecule has 1 aliphatic heterocycles. The number of carbonyl (C=O) groups excluding carboxylic acids is 1. The quantitative estimate of drug-likeness (QED) is 0.643. The second-order valence-corrected chi connectivity index (χ2v) is 3.56. The van der Waals surface area contributed by atoms with Gasteiger partial charge in [-0.2, -0.15) is 0 Å². The highest BCUT2D eigenvalue weighted by Crippen LogP contribution is 2.37. The standard InChI is InChI=1S/C9H9ClN2O2/c1-4-9(13)12-7-3-5(10)2-6(11)8(7)14-4/h2-4H,11H2,1H3,(H,12,13). The van der Waals surface area contributed by atoms with Crippen LogP contribution in [0.3, 0.4) is 0 Å². The third-order valence-electron chi connectivity index (χ3n) is 2.00. The first-order valence-corrected chi connectivity index (χ1v) is 4.52. The minimum Gasteiger partial charge on any atom is -0.477 e. The van der Waals surface area contributed by atoms with Crippen LogP contribution < -0.4 is 15.8 Å². The number of hydrogen-bond donors (Lipinski definition) is 2. The molecule has 3 N–H and O–H groups in total. The highest BCUT2D eigenvalue weighted by molar-refractivity contribution is 6.31. The number of nitrogens with two attached hydrogens (primary N) is 1. The number of rotatable bonds is 0. The Morgan fingerprint density at radius 1 is 1.57 bits per heavy atom. The van der Waals surface area contributed by atoms with E-state index in [0.717, 1.165) is 0 Å². The predicted octanol–water partition coefficient (Wildman–Crippen LogP) is 1.64. The smallest absolute Gasteiger partial charge is 0.265 e. The number of carbonyl (C=O) groups is 1. The van der Waals surface area contributed by atoms with Gasteiger partial charge in [0.25, 0.3) is 5.91 Å². The van der Waals surface area contributed by atoms with E-state index in [2.05, 4.69) is 5.32 Å². The Bertz CT molecular complexity index is 406. The van der Waals surface area contributed by atoms with Crippen LogP contribution in [0.2, 0.25) is 5.02 Å². The van der Waals surface area contributed by atoms with Crippen molar-refractivity contribution in [2.24, 2.45) is 0 Å². The molecular formula is C9H9ClN2O2. The Morgan fingerprint density at radius 2 is 2.29 bits per heavy atom. The van der Waals surface area contributed by atoms with Gasteiger partial charge in [-0.25, -0.2) is 0 Å². The van der Waals surface area contributed by atoms with Crippen LogP contribution >= 0.6 is 11.6 Å². The van der Waals surface area contributed by atoms with Crippen LogP contribution in [0, 0.1) is 0 Å².